The van der Waals surface area contributed by atoms with Crippen molar-refractivity contribution in [2.24, 2.45) is 45.3 Å². The summed E-state index contributed by atoms with van der Waals surface area (Å²) in [5.74, 6) is 2.69. The Morgan fingerprint density at radius 2 is 1.59 bits per heavy atom. The molecular weight excluding hydrogens is 420 g/mol. The summed E-state index contributed by atoms with van der Waals surface area (Å²) in [6.45, 7) is 21.1. The molecule has 0 aromatic carbocycles. The highest BCUT2D eigenvalue weighted by atomic mass is 16.5. The molecule has 4 fully saturated rings. The first kappa shape index (κ1) is 26.7. The summed E-state index contributed by atoms with van der Waals surface area (Å²) in [7, 11) is 1.68. The van der Waals surface area contributed by atoms with Crippen molar-refractivity contribution in [3.05, 3.63) is 12.2 Å². The minimum absolute atomic E-state index is 0.0232. The van der Waals surface area contributed by atoms with Crippen molar-refractivity contribution in [1.82, 2.24) is 0 Å². The molecule has 34 heavy (non-hydrogen) atoms. The van der Waals surface area contributed by atoms with E-state index in [1.807, 2.05) is 13.8 Å². The Morgan fingerprint density at radius 3 is 2.24 bits per heavy atom. The maximum atomic E-state index is 10.9. The monoisotopic (exact) mass is 474 g/mol. The van der Waals surface area contributed by atoms with Crippen LogP contribution in [-0.4, -0.2) is 35.1 Å². The van der Waals surface area contributed by atoms with E-state index in [9.17, 15) is 10.2 Å². The normalized spacial score (nSPS) is 46.8. The standard InChI is InChI=1S/C31H54O3/c1-20(10-13-26(33)28(4,5)34-9)21-14-18-30(7)22(21)11-12-24-29(6)17-16-25(32)27(2,3)23(29)15-19-31(24,30)8/h21-26,32-33H,1,10-19H2,2-9H3/t21-,22-,23+,24-,25+,26-,29+,30-,31-/m1/s1. The summed E-state index contributed by atoms with van der Waals surface area (Å²) in [6.07, 6.45) is 11.0. The summed E-state index contributed by atoms with van der Waals surface area (Å²) in [5, 5.41) is 21.5. The summed E-state index contributed by atoms with van der Waals surface area (Å²) in [4.78, 5) is 0. The molecule has 9 atom stereocenters. The minimum atomic E-state index is -0.508. The van der Waals surface area contributed by atoms with Crippen molar-refractivity contribution in [2.75, 3.05) is 7.11 Å². The fourth-order valence-electron chi connectivity index (χ4n) is 10.2. The van der Waals surface area contributed by atoms with Gasteiger partial charge in [-0.15, -0.1) is 0 Å². The topological polar surface area (TPSA) is 49.7 Å². The Balaban J connectivity index is 1.53. The smallest absolute Gasteiger partial charge is 0.0880 e. The number of allylic oxidation sites excluding steroid dienone is 1. The Labute approximate surface area is 210 Å². The van der Waals surface area contributed by atoms with Gasteiger partial charge >= 0.3 is 0 Å². The molecule has 2 N–H and O–H groups in total. The number of methoxy groups -OCH3 is 1. The van der Waals surface area contributed by atoms with Gasteiger partial charge < -0.3 is 14.9 Å². The first-order valence-electron chi connectivity index (χ1n) is 14.2. The van der Waals surface area contributed by atoms with Gasteiger partial charge in [0.25, 0.3) is 0 Å². The van der Waals surface area contributed by atoms with Gasteiger partial charge in [-0.25, -0.2) is 0 Å². The Hall–Kier alpha value is -0.380. The highest BCUT2D eigenvalue weighted by Crippen LogP contribution is 2.75. The molecular formula is C31H54O3. The van der Waals surface area contributed by atoms with Crippen molar-refractivity contribution >= 4 is 0 Å². The molecule has 3 nitrogen and oxygen atoms in total. The average Bonchev–Trinajstić information content (AvgIpc) is 3.13. The third kappa shape index (κ3) is 3.69. The van der Waals surface area contributed by atoms with Crippen LogP contribution >= 0.6 is 0 Å². The Bertz CT molecular complexity index is 786. The average molecular weight is 475 g/mol. The number of hydrogen-bond acceptors (Lipinski definition) is 3. The van der Waals surface area contributed by atoms with Crippen LogP contribution < -0.4 is 0 Å². The molecule has 0 aliphatic heterocycles. The second kappa shape index (κ2) is 8.59. The van der Waals surface area contributed by atoms with E-state index in [-0.39, 0.29) is 11.5 Å². The lowest BCUT2D eigenvalue weighted by Crippen LogP contribution is -2.63. The van der Waals surface area contributed by atoms with E-state index in [1.54, 1.807) is 7.11 Å². The van der Waals surface area contributed by atoms with E-state index in [2.05, 4.69) is 41.2 Å². The number of hydrogen-bond donors (Lipinski definition) is 2. The molecule has 0 aromatic rings. The van der Waals surface area contributed by atoms with Gasteiger partial charge in [-0.2, -0.15) is 0 Å². The molecule has 0 radical (unpaired) electrons. The second-order valence-corrected chi connectivity index (χ2v) is 14.7. The summed E-state index contributed by atoms with van der Waals surface area (Å²) in [5.41, 5.74) is 1.95. The fraction of sp³-hybridized carbons (Fsp3) is 0.935. The van der Waals surface area contributed by atoms with Crippen LogP contribution in [0.4, 0.5) is 0 Å². The molecule has 3 heteroatoms. The van der Waals surface area contributed by atoms with Gasteiger partial charge in [-0.05, 0) is 123 Å². The van der Waals surface area contributed by atoms with Gasteiger partial charge in [-0.1, -0.05) is 46.8 Å². The molecule has 0 heterocycles. The predicted molar refractivity (Wildman–Crippen MR) is 140 cm³/mol. The first-order valence-corrected chi connectivity index (χ1v) is 14.2. The van der Waals surface area contributed by atoms with Gasteiger partial charge in [0.05, 0.1) is 17.8 Å². The zero-order chi connectivity index (χ0) is 25.3. The predicted octanol–water partition coefficient (Wildman–Crippen LogP) is 7.15. The van der Waals surface area contributed by atoms with Crippen molar-refractivity contribution in [3.63, 3.8) is 0 Å². The van der Waals surface area contributed by atoms with Crippen molar-refractivity contribution in [3.8, 4) is 0 Å². The summed E-state index contributed by atoms with van der Waals surface area (Å²) >= 11 is 0. The molecule has 0 spiro atoms. The molecule has 0 bridgehead atoms. The molecule has 0 unspecified atom stereocenters. The number of rotatable bonds is 6. The summed E-state index contributed by atoms with van der Waals surface area (Å²) < 4.78 is 5.51. The van der Waals surface area contributed by atoms with Crippen LogP contribution in [0.5, 0.6) is 0 Å². The quantitative estimate of drug-likeness (QED) is 0.402. The van der Waals surface area contributed by atoms with Gasteiger partial charge in [-0.3, -0.25) is 0 Å². The molecule has 4 aliphatic carbocycles. The van der Waals surface area contributed by atoms with E-state index in [0.717, 1.165) is 31.1 Å². The first-order chi connectivity index (χ1) is 15.6. The maximum absolute atomic E-state index is 10.9. The van der Waals surface area contributed by atoms with Crippen LogP contribution in [0.2, 0.25) is 0 Å². The maximum Gasteiger partial charge on any atom is 0.0880 e. The van der Waals surface area contributed by atoms with Crippen LogP contribution in [0, 0.1) is 45.3 Å². The number of aliphatic hydroxyl groups excluding tert-OH is 2. The number of ether oxygens (including phenoxy) is 1. The SMILES string of the molecule is C=C(CC[C@@H](O)C(C)(C)OC)[C@H]1CC[C@]2(C)[C@@H]1CC[C@@H]1[C@@]3(C)CC[C@H](O)C(C)(C)[C@@H]3CC[C@]12C. The van der Waals surface area contributed by atoms with Crippen molar-refractivity contribution in [2.45, 2.75) is 130 Å². The number of fused-ring (bicyclic) bond motifs is 5. The lowest BCUT2D eigenvalue weighted by molar-refractivity contribution is -0.220. The van der Waals surface area contributed by atoms with E-state index in [1.165, 1.54) is 50.5 Å². The number of aliphatic hydroxyl groups is 2. The Morgan fingerprint density at radius 1 is 0.941 bits per heavy atom. The molecule has 0 aromatic heterocycles. The molecule has 196 valence electrons. The van der Waals surface area contributed by atoms with Gasteiger partial charge in [0.1, 0.15) is 0 Å². The van der Waals surface area contributed by atoms with Crippen molar-refractivity contribution in [1.29, 1.82) is 0 Å². The van der Waals surface area contributed by atoms with Gasteiger partial charge in [0.15, 0.2) is 0 Å². The van der Waals surface area contributed by atoms with Crippen LogP contribution in [-0.2, 0) is 4.74 Å². The highest BCUT2D eigenvalue weighted by molar-refractivity contribution is 5.20. The molecule has 4 rings (SSSR count). The van der Waals surface area contributed by atoms with E-state index < -0.39 is 11.7 Å². The fourth-order valence-corrected chi connectivity index (χ4v) is 10.2. The molecule has 0 saturated heterocycles. The zero-order valence-electron chi connectivity index (χ0n) is 23.5. The molecule has 0 amide bonds. The van der Waals surface area contributed by atoms with Gasteiger partial charge in [0.2, 0.25) is 0 Å². The molecule has 4 saturated carbocycles. The van der Waals surface area contributed by atoms with Gasteiger partial charge in [0, 0.05) is 7.11 Å². The third-order valence-corrected chi connectivity index (χ3v) is 13.0. The largest absolute Gasteiger partial charge is 0.393 e. The lowest BCUT2D eigenvalue weighted by atomic mass is 9.35. The van der Waals surface area contributed by atoms with Crippen LogP contribution in [0.25, 0.3) is 0 Å². The van der Waals surface area contributed by atoms with Crippen LogP contribution in [0.3, 0.4) is 0 Å². The van der Waals surface area contributed by atoms with E-state index in [0.29, 0.717) is 28.1 Å². The van der Waals surface area contributed by atoms with E-state index >= 15 is 0 Å². The Kier molecular flexibility index (Phi) is 6.74. The van der Waals surface area contributed by atoms with Crippen LogP contribution in [0.15, 0.2) is 12.2 Å². The summed E-state index contributed by atoms with van der Waals surface area (Å²) in [6, 6.07) is 0. The second-order valence-electron chi connectivity index (χ2n) is 14.7. The van der Waals surface area contributed by atoms with Crippen molar-refractivity contribution < 1.29 is 14.9 Å². The minimum Gasteiger partial charge on any atom is -0.393 e. The van der Waals surface area contributed by atoms with Crippen LogP contribution in [0.1, 0.15) is 113 Å². The highest BCUT2D eigenvalue weighted by Gasteiger charge is 2.68. The van der Waals surface area contributed by atoms with E-state index in [4.69, 9.17) is 4.74 Å². The zero-order valence-corrected chi connectivity index (χ0v) is 23.5. The molecule has 4 aliphatic rings. The third-order valence-electron chi connectivity index (χ3n) is 13.0. The lowest BCUT2D eigenvalue weighted by Gasteiger charge is -2.69.